The van der Waals surface area contributed by atoms with Crippen LogP contribution in [0.5, 0.6) is 0 Å². The van der Waals surface area contributed by atoms with Gasteiger partial charge in [0.1, 0.15) is 5.69 Å². The number of nitrogens with one attached hydrogen (secondary N) is 1. The Balaban J connectivity index is 2.05. The van der Waals surface area contributed by atoms with Crippen LogP contribution in [0.1, 0.15) is 41.2 Å². The lowest BCUT2D eigenvalue weighted by atomic mass is 10.1. The normalized spacial score (nSPS) is 10.6. The van der Waals surface area contributed by atoms with E-state index in [-0.39, 0.29) is 5.91 Å². The first kappa shape index (κ1) is 15.8. The second-order valence-corrected chi connectivity index (χ2v) is 5.39. The smallest absolute Gasteiger partial charge is 0.269 e. The zero-order chi connectivity index (χ0) is 15.2. The minimum atomic E-state index is -0.0757. The van der Waals surface area contributed by atoms with Crippen LogP contribution >= 0.6 is 15.9 Å². The van der Waals surface area contributed by atoms with E-state index in [2.05, 4.69) is 38.5 Å². The number of hydrogen-bond acceptors (Lipinski definition) is 2. The maximum absolute atomic E-state index is 12.3. The zero-order valence-electron chi connectivity index (χ0n) is 12.4. The van der Waals surface area contributed by atoms with Gasteiger partial charge in [0.15, 0.2) is 0 Å². The largest absolute Gasteiger partial charge is 0.347 e. The average Bonchev–Trinajstić information content (AvgIpc) is 2.96. The van der Waals surface area contributed by atoms with Crippen LogP contribution in [0.15, 0.2) is 30.3 Å². The van der Waals surface area contributed by atoms with Gasteiger partial charge in [-0.25, -0.2) is 0 Å². The summed E-state index contributed by atoms with van der Waals surface area (Å²) in [6.45, 7) is 5.25. The number of rotatable bonds is 6. The van der Waals surface area contributed by atoms with Crippen molar-refractivity contribution >= 4 is 21.8 Å². The van der Waals surface area contributed by atoms with E-state index in [1.807, 2.05) is 32.0 Å². The van der Waals surface area contributed by atoms with Crippen LogP contribution in [-0.4, -0.2) is 15.7 Å². The van der Waals surface area contributed by atoms with Gasteiger partial charge in [-0.05, 0) is 30.5 Å². The summed E-state index contributed by atoms with van der Waals surface area (Å²) in [5.41, 5.74) is 3.88. The molecule has 0 fully saturated rings. The number of aromatic nitrogens is 2. The molecule has 1 aromatic heterocycles. The van der Waals surface area contributed by atoms with E-state index in [1.165, 1.54) is 5.56 Å². The predicted molar refractivity (Wildman–Crippen MR) is 87.5 cm³/mol. The van der Waals surface area contributed by atoms with E-state index in [0.29, 0.717) is 18.8 Å². The predicted octanol–water partition coefficient (Wildman–Crippen LogP) is 3.29. The molecule has 0 atom stereocenters. The summed E-state index contributed by atoms with van der Waals surface area (Å²) in [5, 5.41) is 8.18. The number of carbonyl (C=O) groups is 1. The number of carbonyl (C=O) groups excluding carboxylic acids is 1. The van der Waals surface area contributed by atoms with Crippen LogP contribution in [-0.2, 0) is 24.8 Å². The molecule has 21 heavy (non-hydrogen) atoms. The lowest BCUT2D eigenvalue weighted by Crippen LogP contribution is -2.25. The summed E-state index contributed by atoms with van der Waals surface area (Å²) in [6.07, 6.45) is 0.834. The van der Waals surface area contributed by atoms with E-state index in [1.54, 1.807) is 4.68 Å². The SMILES string of the molecule is CCc1cc(C(=O)NCc2cccc(CBr)c2)n(CC)n1. The second kappa shape index (κ2) is 7.41. The Morgan fingerprint density at radius 3 is 2.71 bits per heavy atom. The fourth-order valence-corrected chi connectivity index (χ4v) is 2.51. The van der Waals surface area contributed by atoms with Crippen molar-refractivity contribution in [1.82, 2.24) is 15.1 Å². The fourth-order valence-electron chi connectivity index (χ4n) is 2.16. The van der Waals surface area contributed by atoms with Crippen LogP contribution in [0, 0.1) is 0 Å². The van der Waals surface area contributed by atoms with Crippen LogP contribution in [0.25, 0.3) is 0 Å². The van der Waals surface area contributed by atoms with Gasteiger partial charge in [0.05, 0.1) is 5.69 Å². The molecule has 1 N–H and O–H groups in total. The summed E-state index contributed by atoms with van der Waals surface area (Å²) >= 11 is 3.44. The molecule has 0 radical (unpaired) electrons. The van der Waals surface area contributed by atoms with Crippen molar-refractivity contribution in [2.24, 2.45) is 0 Å². The number of benzene rings is 1. The number of nitrogens with zero attached hydrogens (tertiary/aromatic N) is 2. The maximum Gasteiger partial charge on any atom is 0.269 e. The van der Waals surface area contributed by atoms with Crippen molar-refractivity contribution in [1.29, 1.82) is 0 Å². The molecule has 0 aliphatic heterocycles. The Labute approximate surface area is 133 Å². The molecule has 112 valence electrons. The standard InChI is InChI=1S/C16H20BrN3O/c1-3-14-9-15(20(4-2)19-14)16(21)18-11-13-7-5-6-12(8-13)10-17/h5-9H,3-4,10-11H2,1-2H3,(H,18,21). The third-order valence-corrected chi connectivity index (χ3v) is 3.97. The third-order valence-electron chi connectivity index (χ3n) is 3.32. The highest BCUT2D eigenvalue weighted by Gasteiger charge is 2.13. The topological polar surface area (TPSA) is 46.9 Å². The highest BCUT2D eigenvalue weighted by atomic mass is 79.9. The molecule has 0 aliphatic carbocycles. The molecule has 2 aromatic rings. The van der Waals surface area contributed by atoms with Gasteiger partial charge in [-0.3, -0.25) is 9.48 Å². The Morgan fingerprint density at radius 2 is 2.05 bits per heavy atom. The molecule has 2 rings (SSSR count). The minimum absolute atomic E-state index is 0.0757. The number of alkyl halides is 1. The minimum Gasteiger partial charge on any atom is -0.347 e. The van der Waals surface area contributed by atoms with Gasteiger partial charge in [-0.1, -0.05) is 47.1 Å². The van der Waals surface area contributed by atoms with Crippen molar-refractivity contribution in [2.75, 3.05) is 0 Å². The first-order valence-corrected chi connectivity index (χ1v) is 8.28. The molecule has 4 nitrogen and oxygen atoms in total. The van der Waals surface area contributed by atoms with E-state index in [4.69, 9.17) is 0 Å². The van der Waals surface area contributed by atoms with Gasteiger partial charge in [0.25, 0.3) is 5.91 Å². The molecule has 0 bridgehead atoms. The van der Waals surface area contributed by atoms with E-state index in [0.717, 1.165) is 23.0 Å². The first-order chi connectivity index (χ1) is 10.2. The lowest BCUT2D eigenvalue weighted by Gasteiger charge is -2.07. The molecule has 1 heterocycles. The molecule has 0 unspecified atom stereocenters. The van der Waals surface area contributed by atoms with Crippen LogP contribution in [0.2, 0.25) is 0 Å². The highest BCUT2D eigenvalue weighted by Crippen LogP contribution is 2.10. The Kier molecular flexibility index (Phi) is 5.56. The monoisotopic (exact) mass is 349 g/mol. The zero-order valence-corrected chi connectivity index (χ0v) is 14.0. The van der Waals surface area contributed by atoms with E-state index >= 15 is 0 Å². The van der Waals surface area contributed by atoms with Crippen molar-refractivity contribution in [3.63, 3.8) is 0 Å². The summed E-state index contributed by atoms with van der Waals surface area (Å²) in [6, 6.07) is 10.0. The first-order valence-electron chi connectivity index (χ1n) is 7.16. The molecule has 0 aliphatic rings. The Hall–Kier alpha value is -1.62. The molecule has 0 saturated carbocycles. The number of hydrogen-bond donors (Lipinski definition) is 1. The van der Waals surface area contributed by atoms with Crippen LogP contribution < -0.4 is 5.32 Å². The van der Waals surface area contributed by atoms with Gasteiger partial charge >= 0.3 is 0 Å². The quantitative estimate of drug-likeness (QED) is 0.813. The van der Waals surface area contributed by atoms with Crippen molar-refractivity contribution in [3.05, 3.63) is 52.8 Å². The molecule has 0 saturated heterocycles. The fraction of sp³-hybridized carbons (Fsp3) is 0.375. The van der Waals surface area contributed by atoms with E-state index in [9.17, 15) is 4.79 Å². The van der Waals surface area contributed by atoms with Gasteiger partial charge in [-0.15, -0.1) is 0 Å². The summed E-state index contributed by atoms with van der Waals surface area (Å²) in [5.74, 6) is -0.0757. The average molecular weight is 350 g/mol. The van der Waals surface area contributed by atoms with Crippen molar-refractivity contribution < 1.29 is 4.79 Å². The van der Waals surface area contributed by atoms with Gasteiger partial charge in [-0.2, -0.15) is 5.10 Å². The molecular formula is C16H20BrN3O. The van der Waals surface area contributed by atoms with Crippen LogP contribution in [0.4, 0.5) is 0 Å². The summed E-state index contributed by atoms with van der Waals surface area (Å²) in [7, 11) is 0. The molecule has 0 spiro atoms. The molecular weight excluding hydrogens is 330 g/mol. The van der Waals surface area contributed by atoms with Gasteiger partial charge < -0.3 is 5.32 Å². The lowest BCUT2D eigenvalue weighted by molar-refractivity contribution is 0.0940. The number of halogens is 1. The summed E-state index contributed by atoms with van der Waals surface area (Å²) in [4.78, 5) is 12.3. The van der Waals surface area contributed by atoms with Crippen molar-refractivity contribution in [3.8, 4) is 0 Å². The molecule has 1 amide bonds. The second-order valence-electron chi connectivity index (χ2n) is 4.83. The number of amides is 1. The van der Waals surface area contributed by atoms with Crippen molar-refractivity contribution in [2.45, 2.75) is 38.7 Å². The van der Waals surface area contributed by atoms with Gasteiger partial charge in [0.2, 0.25) is 0 Å². The Bertz CT molecular complexity index is 622. The molecule has 5 heteroatoms. The Morgan fingerprint density at radius 1 is 1.29 bits per heavy atom. The highest BCUT2D eigenvalue weighted by molar-refractivity contribution is 9.08. The molecule has 1 aromatic carbocycles. The number of aryl methyl sites for hydroxylation is 2. The van der Waals surface area contributed by atoms with Crippen LogP contribution in [0.3, 0.4) is 0 Å². The maximum atomic E-state index is 12.3. The van der Waals surface area contributed by atoms with E-state index < -0.39 is 0 Å². The van der Waals surface area contributed by atoms with Gasteiger partial charge in [0, 0.05) is 18.4 Å². The summed E-state index contributed by atoms with van der Waals surface area (Å²) < 4.78 is 1.75. The third kappa shape index (κ3) is 3.94.